The lowest BCUT2D eigenvalue weighted by molar-refractivity contribution is -0.116. The molecule has 0 heterocycles. The highest BCUT2D eigenvalue weighted by Crippen LogP contribution is 2.25. The number of carbonyl (C=O) groups excluding carboxylic acids is 1. The fourth-order valence-electron chi connectivity index (χ4n) is 1.28. The van der Waals surface area contributed by atoms with Crippen molar-refractivity contribution in [1.29, 1.82) is 0 Å². The van der Waals surface area contributed by atoms with Crippen molar-refractivity contribution in [2.24, 2.45) is 0 Å². The summed E-state index contributed by atoms with van der Waals surface area (Å²) in [6, 6.07) is 5.29. The van der Waals surface area contributed by atoms with Crippen molar-refractivity contribution in [2.45, 2.75) is 19.8 Å². The Hall–Kier alpha value is -0.580. The number of rotatable bonds is 6. The maximum absolute atomic E-state index is 11.6. The third-order valence-electron chi connectivity index (χ3n) is 2.10. The van der Waals surface area contributed by atoms with Crippen LogP contribution in [0.2, 0.25) is 5.02 Å². The van der Waals surface area contributed by atoms with E-state index in [4.69, 9.17) is 16.3 Å². The highest BCUT2D eigenvalue weighted by Gasteiger charge is 2.04. The Kier molecular flexibility index (Phi) is 6.55. The van der Waals surface area contributed by atoms with Gasteiger partial charge in [0.05, 0.1) is 5.02 Å². The first-order valence-electron chi connectivity index (χ1n) is 5.46. The molecule has 1 aromatic carbocycles. The quantitative estimate of drug-likeness (QED) is 0.808. The van der Waals surface area contributed by atoms with Crippen molar-refractivity contribution >= 4 is 39.1 Å². The zero-order valence-corrected chi connectivity index (χ0v) is 12.0. The van der Waals surface area contributed by atoms with Gasteiger partial charge >= 0.3 is 0 Å². The topological polar surface area (TPSA) is 38.3 Å². The number of benzene rings is 1. The Balaban J connectivity index is 2.37. The summed E-state index contributed by atoms with van der Waals surface area (Å²) >= 11 is 9.17. The Morgan fingerprint density at radius 2 is 2.29 bits per heavy atom. The van der Waals surface area contributed by atoms with E-state index >= 15 is 0 Å². The van der Waals surface area contributed by atoms with Crippen LogP contribution in [0.25, 0.3) is 0 Å². The van der Waals surface area contributed by atoms with E-state index in [1.165, 1.54) is 0 Å². The highest BCUT2D eigenvalue weighted by atomic mass is 79.9. The van der Waals surface area contributed by atoms with Crippen LogP contribution in [0.1, 0.15) is 19.8 Å². The van der Waals surface area contributed by atoms with Gasteiger partial charge in [-0.2, -0.15) is 0 Å². The predicted molar refractivity (Wildman–Crippen MR) is 73.5 cm³/mol. The van der Waals surface area contributed by atoms with Crippen molar-refractivity contribution in [3.63, 3.8) is 0 Å². The molecule has 0 aliphatic carbocycles. The van der Waals surface area contributed by atoms with Gasteiger partial charge in [0.2, 0.25) is 5.91 Å². The summed E-state index contributed by atoms with van der Waals surface area (Å²) in [6.45, 7) is 3.24. The van der Waals surface area contributed by atoms with Crippen LogP contribution in [-0.4, -0.2) is 19.1 Å². The van der Waals surface area contributed by atoms with Gasteiger partial charge < -0.3 is 10.1 Å². The van der Waals surface area contributed by atoms with E-state index in [0.29, 0.717) is 24.7 Å². The molecule has 0 saturated heterocycles. The van der Waals surface area contributed by atoms with Crippen molar-refractivity contribution in [1.82, 2.24) is 0 Å². The molecule has 1 aromatic rings. The van der Waals surface area contributed by atoms with Crippen molar-refractivity contribution in [3.8, 4) is 0 Å². The summed E-state index contributed by atoms with van der Waals surface area (Å²) in [5.41, 5.74) is 0.739. The molecule has 0 fully saturated rings. The van der Waals surface area contributed by atoms with Crippen LogP contribution in [0, 0.1) is 0 Å². The molecule has 0 atom stereocenters. The first kappa shape index (κ1) is 14.5. The molecule has 0 saturated carbocycles. The van der Waals surface area contributed by atoms with Crippen molar-refractivity contribution in [3.05, 3.63) is 27.7 Å². The molecule has 0 unspecified atom stereocenters. The van der Waals surface area contributed by atoms with Crippen molar-refractivity contribution in [2.75, 3.05) is 18.5 Å². The average Bonchev–Trinajstić information content (AvgIpc) is 2.30. The fourth-order valence-corrected chi connectivity index (χ4v) is 1.77. The molecule has 1 amide bonds. The first-order valence-corrected chi connectivity index (χ1v) is 6.63. The molecule has 1 N–H and O–H groups in total. The Labute approximate surface area is 115 Å². The number of hydrogen-bond donors (Lipinski definition) is 1. The van der Waals surface area contributed by atoms with Gasteiger partial charge in [0.25, 0.3) is 0 Å². The predicted octanol–water partition coefficient (Wildman–Crippen LogP) is 3.86. The molecule has 3 nitrogen and oxygen atoms in total. The molecule has 0 bridgehead atoms. The number of carbonyl (C=O) groups is 1. The summed E-state index contributed by atoms with van der Waals surface area (Å²) in [5, 5.41) is 3.43. The van der Waals surface area contributed by atoms with Gasteiger partial charge in [-0.1, -0.05) is 11.6 Å². The Morgan fingerprint density at radius 1 is 1.53 bits per heavy atom. The minimum atomic E-state index is -0.0149. The van der Waals surface area contributed by atoms with E-state index in [2.05, 4.69) is 21.2 Å². The van der Waals surface area contributed by atoms with E-state index < -0.39 is 0 Å². The second kappa shape index (κ2) is 7.69. The highest BCUT2D eigenvalue weighted by molar-refractivity contribution is 9.10. The number of hydrogen-bond acceptors (Lipinski definition) is 2. The summed E-state index contributed by atoms with van der Waals surface area (Å²) in [5.74, 6) is -0.0149. The fraction of sp³-hybridized carbons (Fsp3) is 0.417. The van der Waals surface area contributed by atoms with Crippen LogP contribution in [0.4, 0.5) is 5.69 Å². The molecule has 1 rings (SSSR count). The number of anilines is 1. The summed E-state index contributed by atoms with van der Waals surface area (Å²) in [4.78, 5) is 11.6. The molecular weight excluding hydrogens is 305 g/mol. The molecule has 0 aliphatic heterocycles. The zero-order chi connectivity index (χ0) is 12.7. The summed E-state index contributed by atoms with van der Waals surface area (Å²) in [6.07, 6.45) is 1.19. The van der Waals surface area contributed by atoms with Gasteiger partial charge in [0.1, 0.15) is 0 Å². The number of nitrogens with one attached hydrogen (secondary N) is 1. The van der Waals surface area contributed by atoms with Gasteiger partial charge in [0.15, 0.2) is 0 Å². The molecule has 0 aliphatic rings. The second-order valence-electron chi connectivity index (χ2n) is 3.48. The third-order valence-corrected chi connectivity index (χ3v) is 3.31. The van der Waals surface area contributed by atoms with Crippen LogP contribution in [0.3, 0.4) is 0 Å². The van der Waals surface area contributed by atoms with E-state index in [0.717, 1.165) is 16.6 Å². The average molecular weight is 321 g/mol. The molecule has 5 heteroatoms. The number of ether oxygens (including phenoxy) is 1. The second-order valence-corrected chi connectivity index (χ2v) is 4.74. The largest absolute Gasteiger partial charge is 0.382 e. The Morgan fingerprint density at radius 3 is 2.94 bits per heavy atom. The minimum absolute atomic E-state index is 0.0149. The summed E-state index contributed by atoms with van der Waals surface area (Å²) in [7, 11) is 0. The molecule has 0 radical (unpaired) electrons. The van der Waals surface area contributed by atoms with Crippen LogP contribution < -0.4 is 5.32 Å². The monoisotopic (exact) mass is 319 g/mol. The van der Waals surface area contributed by atoms with E-state index in [-0.39, 0.29) is 5.91 Å². The number of amides is 1. The van der Waals surface area contributed by atoms with Crippen LogP contribution in [-0.2, 0) is 9.53 Å². The van der Waals surface area contributed by atoms with Crippen molar-refractivity contribution < 1.29 is 9.53 Å². The molecule has 0 aromatic heterocycles. The maximum atomic E-state index is 11.6. The lowest BCUT2D eigenvalue weighted by Gasteiger charge is -2.06. The van der Waals surface area contributed by atoms with E-state index in [1.807, 2.05) is 6.92 Å². The summed E-state index contributed by atoms with van der Waals surface area (Å²) < 4.78 is 5.93. The van der Waals surface area contributed by atoms with Gasteiger partial charge in [0, 0.05) is 29.8 Å². The molecule has 17 heavy (non-hydrogen) atoms. The van der Waals surface area contributed by atoms with Gasteiger partial charge in [-0.3, -0.25) is 4.79 Å². The third kappa shape index (κ3) is 5.52. The van der Waals surface area contributed by atoms with Crippen LogP contribution in [0.5, 0.6) is 0 Å². The Bertz CT molecular complexity index is 385. The van der Waals surface area contributed by atoms with Crippen LogP contribution >= 0.6 is 27.5 Å². The normalized spacial score (nSPS) is 10.3. The van der Waals surface area contributed by atoms with E-state index in [1.54, 1.807) is 18.2 Å². The zero-order valence-electron chi connectivity index (χ0n) is 9.63. The lowest BCUT2D eigenvalue weighted by Crippen LogP contribution is -2.12. The number of halogens is 2. The van der Waals surface area contributed by atoms with E-state index in [9.17, 15) is 4.79 Å². The lowest BCUT2D eigenvalue weighted by atomic mass is 10.2. The molecule has 0 spiro atoms. The smallest absolute Gasteiger partial charge is 0.224 e. The van der Waals surface area contributed by atoms with Crippen LogP contribution in [0.15, 0.2) is 22.7 Å². The minimum Gasteiger partial charge on any atom is -0.382 e. The standard InChI is InChI=1S/C12H15BrClNO2/c1-2-17-7-3-4-12(16)15-9-5-6-11(14)10(13)8-9/h5-6,8H,2-4,7H2,1H3,(H,15,16). The van der Waals surface area contributed by atoms with Gasteiger partial charge in [-0.25, -0.2) is 0 Å². The maximum Gasteiger partial charge on any atom is 0.224 e. The van der Waals surface area contributed by atoms with Gasteiger partial charge in [-0.15, -0.1) is 0 Å². The molecular formula is C12H15BrClNO2. The van der Waals surface area contributed by atoms with Gasteiger partial charge in [-0.05, 0) is 47.5 Å². The SMILES string of the molecule is CCOCCCC(=O)Nc1ccc(Cl)c(Br)c1. The first-order chi connectivity index (χ1) is 8.13. The molecule has 94 valence electrons.